The summed E-state index contributed by atoms with van der Waals surface area (Å²) >= 11 is 0. The van der Waals surface area contributed by atoms with Crippen LogP contribution in [0.1, 0.15) is 11.1 Å². The van der Waals surface area contributed by atoms with E-state index in [1.807, 2.05) is 49.4 Å². The number of para-hydroxylation sites is 1. The molecule has 3 rings (SSSR count). The summed E-state index contributed by atoms with van der Waals surface area (Å²) in [5, 5.41) is 2.99. The number of carbonyl (C=O) groups is 1. The Balaban J connectivity index is 0.00000208. The van der Waals surface area contributed by atoms with Crippen LogP contribution in [0.5, 0.6) is 0 Å². The second-order valence-corrected chi connectivity index (χ2v) is 5.62. The van der Waals surface area contributed by atoms with Crippen molar-refractivity contribution in [2.24, 2.45) is 10.7 Å². The van der Waals surface area contributed by atoms with Crippen LogP contribution in [-0.2, 0) is 11.2 Å². The molecule has 1 aliphatic heterocycles. The molecule has 126 valence electrons. The van der Waals surface area contributed by atoms with Gasteiger partial charge >= 0.3 is 0 Å². The van der Waals surface area contributed by atoms with Crippen LogP contribution in [-0.4, -0.2) is 25.0 Å². The Bertz CT molecular complexity index is 743. The summed E-state index contributed by atoms with van der Waals surface area (Å²) in [5.74, 6) is 0.207. The largest absolute Gasteiger partial charge is 0.370 e. The van der Waals surface area contributed by atoms with E-state index in [0.29, 0.717) is 6.54 Å². The summed E-state index contributed by atoms with van der Waals surface area (Å²) in [5.41, 5.74) is 10.1. The van der Waals surface area contributed by atoms with Gasteiger partial charge in [0.25, 0.3) is 0 Å². The number of anilines is 2. The summed E-state index contributed by atoms with van der Waals surface area (Å²) in [4.78, 5) is 18.3. The number of aliphatic imine (C=N–C) groups is 1. The maximum atomic E-state index is 12.3. The Morgan fingerprint density at radius 1 is 1.21 bits per heavy atom. The van der Waals surface area contributed by atoms with E-state index in [4.69, 9.17) is 5.73 Å². The van der Waals surface area contributed by atoms with Gasteiger partial charge in [0.05, 0.1) is 0 Å². The van der Waals surface area contributed by atoms with Crippen molar-refractivity contribution < 1.29 is 4.79 Å². The van der Waals surface area contributed by atoms with Crippen LogP contribution >= 0.6 is 24.0 Å². The smallest absolute Gasteiger partial charge is 0.248 e. The molecular formula is C18H21IN4O. The highest BCUT2D eigenvalue weighted by Crippen LogP contribution is 2.27. The van der Waals surface area contributed by atoms with Gasteiger partial charge in [0.15, 0.2) is 5.96 Å². The van der Waals surface area contributed by atoms with Crippen molar-refractivity contribution in [2.75, 3.05) is 23.3 Å². The van der Waals surface area contributed by atoms with Crippen LogP contribution in [0.2, 0.25) is 0 Å². The Kier molecular flexibility index (Phi) is 6.19. The van der Waals surface area contributed by atoms with E-state index < -0.39 is 0 Å². The molecule has 6 heteroatoms. The number of hydrogen-bond donors (Lipinski definition) is 2. The van der Waals surface area contributed by atoms with Crippen molar-refractivity contribution in [3.63, 3.8) is 0 Å². The zero-order valence-corrected chi connectivity index (χ0v) is 15.9. The molecule has 1 aliphatic rings. The number of benzene rings is 2. The number of amides is 1. The predicted octanol–water partition coefficient (Wildman–Crippen LogP) is 2.93. The summed E-state index contributed by atoms with van der Waals surface area (Å²) in [6.45, 7) is 2.77. The molecule has 0 unspecified atom stereocenters. The van der Waals surface area contributed by atoms with Crippen molar-refractivity contribution in [2.45, 2.75) is 13.3 Å². The topological polar surface area (TPSA) is 70.7 Å². The van der Waals surface area contributed by atoms with Crippen molar-refractivity contribution in [1.82, 2.24) is 0 Å². The van der Waals surface area contributed by atoms with Crippen LogP contribution < -0.4 is 16.0 Å². The molecule has 0 aromatic heterocycles. The molecule has 0 saturated carbocycles. The third kappa shape index (κ3) is 4.25. The molecule has 1 heterocycles. The van der Waals surface area contributed by atoms with Gasteiger partial charge in [-0.25, -0.2) is 4.99 Å². The molecule has 24 heavy (non-hydrogen) atoms. The first-order valence-electron chi connectivity index (χ1n) is 7.65. The number of halogens is 1. The fourth-order valence-electron chi connectivity index (χ4n) is 2.66. The lowest BCUT2D eigenvalue weighted by Crippen LogP contribution is -2.32. The number of nitrogens with two attached hydrogens (primary N) is 1. The molecule has 0 spiro atoms. The van der Waals surface area contributed by atoms with Crippen molar-refractivity contribution in [3.05, 3.63) is 59.7 Å². The van der Waals surface area contributed by atoms with Gasteiger partial charge in [0, 0.05) is 17.9 Å². The van der Waals surface area contributed by atoms with Crippen molar-refractivity contribution in [1.29, 1.82) is 0 Å². The van der Waals surface area contributed by atoms with Gasteiger partial charge in [-0.15, -0.1) is 24.0 Å². The second-order valence-electron chi connectivity index (χ2n) is 5.62. The molecular weight excluding hydrogens is 415 g/mol. The molecule has 0 saturated heterocycles. The highest BCUT2D eigenvalue weighted by atomic mass is 127. The van der Waals surface area contributed by atoms with E-state index in [-0.39, 0.29) is 42.4 Å². The first-order valence-corrected chi connectivity index (χ1v) is 7.65. The molecule has 0 bridgehead atoms. The predicted molar refractivity (Wildman–Crippen MR) is 109 cm³/mol. The number of nitrogens with one attached hydrogen (secondary N) is 1. The number of aryl methyl sites for hydroxylation is 1. The van der Waals surface area contributed by atoms with E-state index in [9.17, 15) is 4.79 Å². The third-order valence-electron chi connectivity index (χ3n) is 3.90. The summed E-state index contributed by atoms with van der Waals surface area (Å²) in [7, 11) is 0. The molecule has 2 aromatic rings. The first kappa shape index (κ1) is 18.3. The van der Waals surface area contributed by atoms with Crippen LogP contribution in [0.4, 0.5) is 11.4 Å². The van der Waals surface area contributed by atoms with E-state index >= 15 is 0 Å². The minimum Gasteiger partial charge on any atom is -0.370 e. The van der Waals surface area contributed by atoms with Crippen LogP contribution in [0.15, 0.2) is 53.5 Å². The number of hydrogen-bond acceptors (Lipinski definition) is 2. The van der Waals surface area contributed by atoms with Gasteiger partial charge in [-0.1, -0.05) is 35.9 Å². The maximum Gasteiger partial charge on any atom is 0.248 e. The van der Waals surface area contributed by atoms with Gasteiger partial charge in [0.1, 0.15) is 6.54 Å². The number of fused-ring (bicyclic) bond motifs is 1. The lowest BCUT2D eigenvalue weighted by molar-refractivity contribution is -0.117. The Morgan fingerprint density at radius 3 is 2.67 bits per heavy atom. The van der Waals surface area contributed by atoms with Crippen LogP contribution in [0.25, 0.3) is 0 Å². The normalized spacial score (nSPS) is 13.2. The minimum absolute atomic E-state index is 0. The van der Waals surface area contributed by atoms with E-state index in [1.165, 1.54) is 11.1 Å². The van der Waals surface area contributed by atoms with Crippen molar-refractivity contribution in [3.8, 4) is 0 Å². The standard InChI is InChI=1S/C18H20N4O.HI/c1-13-6-8-15(9-7-13)21-18(19)20-12-17(23)22-11-10-14-4-2-3-5-16(14)22;/h2-9H,10-12H2,1H3,(H3,19,20,21);1H. The minimum atomic E-state index is -0.0383. The molecule has 5 nitrogen and oxygen atoms in total. The Morgan fingerprint density at radius 2 is 1.92 bits per heavy atom. The zero-order chi connectivity index (χ0) is 16.2. The quantitative estimate of drug-likeness (QED) is 0.442. The van der Waals surface area contributed by atoms with Gasteiger partial charge in [-0.05, 0) is 37.1 Å². The molecule has 0 aliphatic carbocycles. The average Bonchev–Trinajstić information content (AvgIpc) is 2.99. The fraction of sp³-hybridized carbons (Fsp3) is 0.222. The van der Waals surface area contributed by atoms with E-state index in [0.717, 1.165) is 17.8 Å². The zero-order valence-electron chi connectivity index (χ0n) is 13.5. The second kappa shape index (κ2) is 8.14. The number of carbonyl (C=O) groups excluding carboxylic acids is 1. The van der Waals surface area contributed by atoms with Gasteiger partial charge in [-0.2, -0.15) is 0 Å². The van der Waals surface area contributed by atoms with Gasteiger partial charge in [0.2, 0.25) is 5.91 Å². The monoisotopic (exact) mass is 436 g/mol. The molecule has 0 atom stereocenters. The van der Waals surface area contributed by atoms with Crippen LogP contribution in [0, 0.1) is 6.92 Å². The van der Waals surface area contributed by atoms with Gasteiger partial charge < -0.3 is 16.0 Å². The number of rotatable bonds is 3. The van der Waals surface area contributed by atoms with E-state index in [2.05, 4.69) is 16.4 Å². The summed E-state index contributed by atoms with van der Waals surface area (Å²) < 4.78 is 0. The average molecular weight is 436 g/mol. The fourth-order valence-corrected chi connectivity index (χ4v) is 2.66. The van der Waals surface area contributed by atoms with E-state index in [1.54, 1.807) is 4.90 Å². The number of nitrogens with zero attached hydrogens (tertiary/aromatic N) is 2. The molecule has 3 N–H and O–H groups in total. The molecule has 2 aromatic carbocycles. The first-order chi connectivity index (χ1) is 11.1. The highest BCUT2D eigenvalue weighted by molar-refractivity contribution is 14.0. The lowest BCUT2D eigenvalue weighted by Gasteiger charge is -2.16. The lowest BCUT2D eigenvalue weighted by atomic mass is 10.2. The van der Waals surface area contributed by atoms with Crippen LogP contribution in [0.3, 0.4) is 0 Å². The molecule has 1 amide bonds. The Hall–Kier alpha value is -2.09. The Labute approximate surface area is 159 Å². The molecule has 0 fully saturated rings. The summed E-state index contributed by atoms with van der Waals surface area (Å²) in [6, 6.07) is 15.8. The van der Waals surface area contributed by atoms with Crippen molar-refractivity contribution >= 4 is 47.2 Å². The number of guanidine groups is 1. The maximum absolute atomic E-state index is 12.3. The summed E-state index contributed by atoms with van der Waals surface area (Å²) in [6.07, 6.45) is 0.892. The third-order valence-corrected chi connectivity index (χ3v) is 3.90. The molecule has 0 radical (unpaired) electrons. The highest BCUT2D eigenvalue weighted by Gasteiger charge is 2.23. The SMILES string of the molecule is Cc1ccc(NC(N)=NCC(=O)N2CCc3ccccc32)cc1.I. The van der Waals surface area contributed by atoms with Gasteiger partial charge in [-0.3, -0.25) is 4.79 Å².